The molecule has 0 amide bonds. The SMILES string of the molecule is COc1[c]c(I)ccc1. The molecular formula is C7H6IO. The predicted octanol–water partition coefficient (Wildman–Crippen LogP) is 2.10. The smallest absolute Gasteiger partial charge is 0.127 e. The van der Waals surface area contributed by atoms with Gasteiger partial charge in [-0.25, -0.2) is 0 Å². The summed E-state index contributed by atoms with van der Waals surface area (Å²) >= 11 is 2.19. The van der Waals surface area contributed by atoms with Gasteiger partial charge < -0.3 is 4.74 Å². The third kappa shape index (κ3) is 1.86. The molecule has 1 radical (unpaired) electrons. The molecule has 0 N–H and O–H groups in total. The van der Waals surface area contributed by atoms with E-state index in [1.807, 2.05) is 18.2 Å². The van der Waals surface area contributed by atoms with Crippen LogP contribution in [0.1, 0.15) is 0 Å². The summed E-state index contributed by atoms with van der Waals surface area (Å²) in [6.45, 7) is 0. The van der Waals surface area contributed by atoms with Crippen molar-refractivity contribution in [1.82, 2.24) is 0 Å². The van der Waals surface area contributed by atoms with Gasteiger partial charge in [0.1, 0.15) is 5.75 Å². The van der Waals surface area contributed by atoms with E-state index < -0.39 is 0 Å². The molecule has 1 rings (SSSR count). The molecule has 1 aromatic rings. The molecule has 2 heteroatoms. The predicted molar refractivity (Wildman–Crippen MR) is 44.5 cm³/mol. The molecule has 0 bridgehead atoms. The first-order valence-corrected chi connectivity index (χ1v) is 3.62. The number of ether oxygens (including phenoxy) is 1. The van der Waals surface area contributed by atoms with Gasteiger partial charge in [-0.05, 0) is 34.7 Å². The van der Waals surface area contributed by atoms with Crippen LogP contribution in [-0.2, 0) is 0 Å². The van der Waals surface area contributed by atoms with Crippen molar-refractivity contribution in [3.63, 3.8) is 0 Å². The Morgan fingerprint density at radius 1 is 1.56 bits per heavy atom. The first kappa shape index (κ1) is 6.86. The van der Waals surface area contributed by atoms with Crippen molar-refractivity contribution in [2.24, 2.45) is 0 Å². The standard InChI is InChI=1S/C7H6IO/c1-9-7-4-2-3-6(8)5-7/h2-4H,1H3. The minimum absolute atomic E-state index is 0.793. The molecule has 0 aliphatic heterocycles. The van der Waals surface area contributed by atoms with Crippen LogP contribution in [0.15, 0.2) is 18.2 Å². The average Bonchev–Trinajstić information content (AvgIpc) is 1.88. The molecule has 0 saturated heterocycles. The maximum Gasteiger partial charge on any atom is 0.127 e. The van der Waals surface area contributed by atoms with Gasteiger partial charge in [-0.15, -0.1) is 0 Å². The summed E-state index contributed by atoms with van der Waals surface area (Å²) in [6.07, 6.45) is 0. The zero-order chi connectivity index (χ0) is 6.69. The fourth-order valence-electron chi connectivity index (χ4n) is 0.540. The highest BCUT2D eigenvalue weighted by atomic mass is 127. The zero-order valence-corrected chi connectivity index (χ0v) is 7.18. The first-order valence-electron chi connectivity index (χ1n) is 2.55. The van der Waals surface area contributed by atoms with Gasteiger partial charge in [0.15, 0.2) is 0 Å². The Morgan fingerprint density at radius 2 is 2.33 bits per heavy atom. The Kier molecular flexibility index (Phi) is 2.33. The van der Waals surface area contributed by atoms with Crippen molar-refractivity contribution in [3.8, 4) is 5.75 Å². The Balaban J connectivity index is 2.94. The van der Waals surface area contributed by atoms with Crippen LogP contribution in [0.3, 0.4) is 0 Å². The van der Waals surface area contributed by atoms with Gasteiger partial charge in [0, 0.05) is 9.64 Å². The zero-order valence-electron chi connectivity index (χ0n) is 5.02. The van der Waals surface area contributed by atoms with Crippen LogP contribution in [0.4, 0.5) is 0 Å². The maximum absolute atomic E-state index is 4.93. The molecular weight excluding hydrogens is 227 g/mol. The van der Waals surface area contributed by atoms with Crippen LogP contribution in [0.25, 0.3) is 0 Å². The van der Waals surface area contributed by atoms with Crippen LogP contribution >= 0.6 is 22.6 Å². The van der Waals surface area contributed by atoms with Gasteiger partial charge in [-0.2, -0.15) is 0 Å². The topological polar surface area (TPSA) is 9.23 Å². The summed E-state index contributed by atoms with van der Waals surface area (Å²) in [7, 11) is 1.64. The van der Waals surface area contributed by atoms with E-state index in [1.54, 1.807) is 7.11 Å². The van der Waals surface area contributed by atoms with Crippen molar-refractivity contribution >= 4 is 22.6 Å². The van der Waals surface area contributed by atoms with Crippen LogP contribution in [0.5, 0.6) is 5.75 Å². The maximum atomic E-state index is 4.93. The normalized spacial score (nSPS) is 9.11. The fraction of sp³-hybridized carbons (Fsp3) is 0.143. The lowest BCUT2D eigenvalue weighted by atomic mass is 10.3. The fourth-order valence-corrected chi connectivity index (χ4v) is 1.01. The largest absolute Gasteiger partial charge is 0.496 e. The van der Waals surface area contributed by atoms with Crippen molar-refractivity contribution < 1.29 is 4.74 Å². The van der Waals surface area contributed by atoms with Crippen molar-refractivity contribution in [3.05, 3.63) is 27.8 Å². The van der Waals surface area contributed by atoms with E-state index in [2.05, 4.69) is 28.7 Å². The van der Waals surface area contributed by atoms with E-state index in [-0.39, 0.29) is 0 Å². The third-order valence-electron chi connectivity index (χ3n) is 0.953. The summed E-state index contributed by atoms with van der Waals surface area (Å²) in [6, 6.07) is 8.82. The molecule has 0 unspecified atom stereocenters. The number of benzene rings is 1. The van der Waals surface area contributed by atoms with E-state index in [4.69, 9.17) is 4.74 Å². The van der Waals surface area contributed by atoms with E-state index in [9.17, 15) is 0 Å². The molecule has 0 aromatic heterocycles. The number of methoxy groups -OCH3 is 1. The Bertz CT molecular complexity index is 198. The summed E-state index contributed by atoms with van der Waals surface area (Å²) in [5.74, 6) is 0.793. The minimum atomic E-state index is 0.793. The Labute approximate surface area is 68.2 Å². The second-order valence-electron chi connectivity index (χ2n) is 1.57. The summed E-state index contributed by atoms with van der Waals surface area (Å²) in [4.78, 5) is 0. The highest BCUT2D eigenvalue weighted by molar-refractivity contribution is 14.1. The van der Waals surface area contributed by atoms with Crippen LogP contribution < -0.4 is 4.74 Å². The molecule has 1 aromatic carbocycles. The number of hydrogen-bond donors (Lipinski definition) is 0. The van der Waals surface area contributed by atoms with Crippen molar-refractivity contribution in [1.29, 1.82) is 0 Å². The molecule has 0 aliphatic carbocycles. The second-order valence-corrected chi connectivity index (χ2v) is 2.73. The molecule has 0 aliphatic rings. The van der Waals surface area contributed by atoms with E-state index in [0.29, 0.717) is 0 Å². The van der Waals surface area contributed by atoms with E-state index in [0.717, 1.165) is 9.32 Å². The average molecular weight is 233 g/mol. The summed E-state index contributed by atoms with van der Waals surface area (Å²) in [5.41, 5.74) is 0. The molecule has 0 heterocycles. The highest BCUT2D eigenvalue weighted by Crippen LogP contribution is 2.12. The van der Waals surface area contributed by atoms with E-state index >= 15 is 0 Å². The molecule has 0 fully saturated rings. The summed E-state index contributed by atoms with van der Waals surface area (Å²) < 4.78 is 6.01. The van der Waals surface area contributed by atoms with Gasteiger partial charge in [-0.1, -0.05) is 6.07 Å². The van der Waals surface area contributed by atoms with Crippen molar-refractivity contribution in [2.45, 2.75) is 0 Å². The number of rotatable bonds is 1. The summed E-state index contributed by atoms with van der Waals surface area (Å²) in [5, 5.41) is 0. The van der Waals surface area contributed by atoms with Crippen molar-refractivity contribution in [2.75, 3.05) is 7.11 Å². The van der Waals surface area contributed by atoms with Gasteiger partial charge in [-0.3, -0.25) is 0 Å². The third-order valence-corrected chi connectivity index (χ3v) is 1.58. The number of hydrogen-bond acceptors (Lipinski definition) is 1. The quantitative estimate of drug-likeness (QED) is 0.675. The van der Waals surface area contributed by atoms with Gasteiger partial charge in [0.2, 0.25) is 0 Å². The number of halogens is 1. The Morgan fingerprint density at radius 3 is 2.78 bits per heavy atom. The van der Waals surface area contributed by atoms with E-state index in [1.165, 1.54) is 0 Å². The van der Waals surface area contributed by atoms with Crippen LogP contribution in [-0.4, -0.2) is 7.11 Å². The first-order chi connectivity index (χ1) is 4.33. The highest BCUT2D eigenvalue weighted by Gasteiger charge is 1.89. The molecule has 1 nitrogen and oxygen atoms in total. The Hall–Kier alpha value is -0.250. The molecule has 0 atom stereocenters. The van der Waals surface area contributed by atoms with Gasteiger partial charge in [0.25, 0.3) is 0 Å². The molecule has 47 valence electrons. The van der Waals surface area contributed by atoms with Crippen LogP contribution in [0, 0.1) is 9.64 Å². The lowest BCUT2D eigenvalue weighted by Crippen LogP contribution is -1.81. The molecule has 0 saturated carbocycles. The minimum Gasteiger partial charge on any atom is -0.496 e. The monoisotopic (exact) mass is 233 g/mol. The van der Waals surface area contributed by atoms with Gasteiger partial charge >= 0.3 is 0 Å². The molecule has 0 spiro atoms. The lowest BCUT2D eigenvalue weighted by molar-refractivity contribution is 0.413. The van der Waals surface area contributed by atoms with Gasteiger partial charge in [0.05, 0.1) is 7.11 Å². The van der Waals surface area contributed by atoms with Crippen LogP contribution in [0.2, 0.25) is 0 Å². The second kappa shape index (κ2) is 3.06. The molecule has 9 heavy (non-hydrogen) atoms. The lowest BCUT2D eigenvalue weighted by Gasteiger charge is -1.96.